The molecule has 0 rings (SSSR count). The molecule has 1 amide bonds. The van der Waals surface area contributed by atoms with E-state index in [1.165, 1.54) is 0 Å². The van der Waals surface area contributed by atoms with E-state index >= 15 is 0 Å². The Morgan fingerprint density at radius 1 is 1.38 bits per heavy atom. The molecule has 78 valence electrons. The van der Waals surface area contributed by atoms with E-state index < -0.39 is 18.1 Å². The number of aliphatic hydroxyl groups is 2. The summed E-state index contributed by atoms with van der Waals surface area (Å²) in [4.78, 5) is 11.1. The van der Waals surface area contributed by atoms with Crippen molar-refractivity contribution in [2.75, 3.05) is 6.54 Å². The number of aliphatic hydroxyl groups excluding tert-OH is 2. The molecule has 0 saturated carbocycles. The number of amides is 1. The first kappa shape index (κ1) is 12.4. The second-order valence-electron chi connectivity index (χ2n) is 3.50. The Kier molecular flexibility index (Phi) is 5.66. The molecule has 4 heteroatoms. The first-order valence-electron chi connectivity index (χ1n) is 4.62. The van der Waals surface area contributed by atoms with Crippen molar-refractivity contribution in [1.82, 2.24) is 5.32 Å². The summed E-state index contributed by atoms with van der Waals surface area (Å²) in [6.07, 6.45) is -0.912. The van der Waals surface area contributed by atoms with Gasteiger partial charge in [-0.3, -0.25) is 4.79 Å². The molecule has 0 aliphatic rings. The molecule has 0 saturated heterocycles. The molecule has 0 aliphatic carbocycles. The predicted octanol–water partition coefficient (Wildman–Crippen LogP) is -0.110. The minimum atomic E-state index is -0.982. The summed E-state index contributed by atoms with van der Waals surface area (Å²) in [6, 6.07) is 0. The third-order valence-electron chi connectivity index (χ3n) is 1.88. The van der Waals surface area contributed by atoms with Crippen LogP contribution in [0, 0.1) is 5.92 Å². The van der Waals surface area contributed by atoms with Gasteiger partial charge in [-0.25, -0.2) is 0 Å². The summed E-state index contributed by atoms with van der Waals surface area (Å²) in [5.74, 6) is -0.513. The fourth-order valence-electron chi connectivity index (χ4n) is 0.770. The van der Waals surface area contributed by atoms with Crippen molar-refractivity contribution in [3.63, 3.8) is 0 Å². The molecule has 1 unspecified atom stereocenters. The van der Waals surface area contributed by atoms with Crippen LogP contribution in [0.4, 0.5) is 0 Å². The van der Waals surface area contributed by atoms with Gasteiger partial charge in [0.15, 0.2) is 0 Å². The Morgan fingerprint density at radius 2 is 1.92 bits per heavy atom. The van der Waals surface area contributed by atoms with Gasteiger partial charge in [0, 0.05) is 6.54 Å². The number of rotatable bonds is 5. The number of carbonyl (C=O) groups is 1. The highest BCUT2D eigenvalue weighted by Crippen LogP contribution is 2.00. The first-order chi connectivity index (χ1) is 5.99. The van der Waals surface area contributed by atoms with E-state index in [0.717, 1.165) is 0 Å². The van der Waals surface area contributed by atoms with Crippen LogP contribution in [-0.4, -0.2) is 34.9 Å². The van der Waals surface area contributed by atoms with Crippen molar-refractivity contribution < 1.29 is 15.0 Å². The average molecular weight is 189 g/mol. The lowest BCUT2D eigenvalue weighted by atomic mass is 10.1. The molecule has 0 fully saturated rings. The molecule has 0 heterocycles. The molecule has 0 aromatic rings. The molecule has 0 radical (unpaired) electrons. The van der Waals surface area contributed by atoms with Crippen LogP contribution in [0.2, 0.25) is 0 Å². The zero-order valence-electron chi connectivity index (χ0n) is 8.45. The third kappa shape index (κ3) is 4.85. The van der Waals surface area contributed by atoms with E-state index in [9.17, 15) is 9.90 Å². The SMILES string of the molecule is CC[C@@H](O)CNC(=O)C(O)C(C)C. The molecule has 2 atom stereocenters. The number of hydrogen-bond donors (Lipinski definition) is 3. The lowest BCUT2D eigenvalue weighted by molar-refractivity contribution is -0.131. The van der Waals surface area contributed by atoms with Gasteiger partial charge in [-0.15, -0.1) is 0 Å². The normalized spacial score (nSPS) is 15.5. The highest BCUT2D eigenvalue weighted by atomic mass is 16.3. The largest absolute Gasteiger partial charge is 0.391 e. The van der Waals surface area contributed by atoms with Crippen LogP contribution in [-0.2, 0) is 4.79 Å². The summed E-state index contributed by atoms with van der Waals surface area (Å²) < 4.78 is 0. The summed E-state index contributed by atoms with van der Waals surface area (Å²) in [5.41, 5.74) is 0. The first-order valence-corrected chi connectivity index (χ1v) is 4.62. The highest BCUT2D eigenvalue weighted by Gasteiger charge is 2.18. The van der Waals surface area contributed by atoms with E-state index in [1.54, 1.807) is 13.8 Å². The molecule has 0 bridgehead atoms. The number of hydrogen-bond acceptors (Lipinski definition) is 3. The molecule has 4 nitrogen and oxygen atoms in total. The van der Waals surface area contributed by atoms with Gasteiger partial charge in [-0.2, -0.15) is 0 Å². The van der Waals surface area contributed by atoms with Crippen molar-refractivity contribution in [2.24, 2.45) is 5.92 Å². The van der Waals surface area contributed by atoms with Gasteiger partial charge in [0.25, 0.3) is 0 Å². The smallest absolute Gasteiger partial charge is 0.249 e. The maximum atomic E-state index is 11.1. The van der Waals surface area contributed by atoms with Crippen LogP contribution >= 0.6 is 0 Å². The monoisotopic (exact) mass is 189 g/mol. The summed E-state index contributed by atoms with van der Waals surface area (Å²) in [6.45, 7) is 5.57. The van der Waals surface area contributed by atoms with E-state index in [2.05, 4.69) is 5.32 Å². The van der Waals surface area contributed by atoms with Gasteiger partial charge in [0.05, 0.1) is 6.10 Å². The minimum Gasteiger partial charge on any atom is -0.391 e. The van der Waals surface area contributed by atoms with Crippen LogP contribution in [0.3, 0.4) is 0 Å². The van der Waals surface area contributed by atoms with Gasteiger partial charge in [0.2, 0.25) is 5.91 Å². The Hall–Kier alpha value is -0.610. The molecule has 13 heavy (non-hydrogen) atoms. The van der Waals surface area contributed by atoms with Gasteiger partial charge in [-0.1, -0.05) is 20.8 Å². The molecule has 0 aromatic carbocycles. The van der Waals surface area contributed by atoms with Crippen LogP contribution in [0.25, 0.3) is 0 Å². The Labute approximate surface area is 79.0 Å². The summed E-state index contributed by atoms with van der Waals surface area (Å²) in [5, 5.41) is 20.9. The predicted molar refractivity (Wildman–Crippen MR) is 50.2 cm³/mol. The topological polar surface area (TPSA) is 69.6 Å². The fraction of sp³-hybridized carbons (Fsp3) is 0.889. The van der Waals surface area contributed by atoms with Crippen LogP contribution < -0.4 is 5.32 Å². The molecule has 3 N–H and O–H groups in total. The third-order valence-corrected chi connectivity index (χ3v) is 1.88. The lowest BCUT2D eigenvalue weighted by Crippen LogP contribution is -2.41. The van der Waals surface area contributed by atoms with E-state index in [4.69, 9.17) is 5.11 Å². The highest BCUT2D eigenvalue weighted by molar-refractivity contribution is 5.80. The van der Waals surface area contributed by atoms with Gasteiger partial charge in [-0.05, 0) is 12.3 Å². The number of nitrogens with one attached hydrogen (secondary N) is 1. The Morgan fingerprint density at radius 3 is 2.31 bits per heavy atom. The second-order valence-corrected chi connectivity index (χ2v) is 3.50. The minimum absolute atomic E-state index is 0.0984. The molecule has 0 aliphatic heterocycles. The average Bonchev–Trinajstić information content (AvgIpc) is 2.11. The Bertz CT molecular complexity index is 159. The Balaban J connectivity index is 3.74. The standard InChI is InChI=1S/C9H19NO3/c1-4-7(11)5-10-9(13)8(12)6(2)3/h6-8,11-12H,4-5H2,1-3H3,(H,10,13)/t7-,8?/m1/s1. The van der Waals surface area contributed by atoms with Crippen LogP contribution in [0.5, 0.6) is 0 Å². The maximum Gasteiger partial charge on any atom is 0.249 e. The molecule has 0 aromatic heterocycles. The van der Waals surface area contributed by atoms with Crippen molar-refractivity contribution >= 4 is 5.91 Å². The lowest BCUT2D eigenvalue weighted by Gasteiger charge is -2.15. The van der Waals surface area contributed by atoms with E-state index in [0.29, 0.717) is 6.42 Å². The van der Waals surface area contributed by atoms with Crippen molar-refractivity contribution in [3.8, 4) is 0 Å². The van der Waals surface area contributed by atoms with Gasteiger partial charge in [0.1, 0.15) is 6.10 Å². The van der Waals surface area contributed by atoms with E-state index in [1.807, 2.05) is 6.92 Å². The fourth-order valence-corrected chi connectivity index (χ4v) is 0.770. The van der Waals surface area contributed by atoms with Crippen molar-refractivity contribution in [1.29, 1.82) is 0 Å². The molecule has 0 spiro atoms. The van der Waals surface area contributed by atoms with Crippen LogP contribution in [0.15, 0.2) is 0 Å². The number of carbonyl (C=O) groups excluding carboxylic acids is 1. The van der Waals surface area contributed by atoms with Crippen LogP contribution in [0.1, 0.15) is 27.2 Å². The summed E-state index contributed by atoms with van der Waals surface area (Å²) in [7, 11) is 0. The van der Waals surface area contributed by atoms with Crippen molar-refractivity contribution in [2.45, 2.75) is 39.4 Å². The summed E-state index contributed by atoms with van der Waals surface area (Å²) >= 11 is 0. The van der Waals surface area contributed by atoms with Gasteiger partial charge >= 0.3 is 0 Å². The zero-order chi connectivity index (χ0) is 10.4. The molecular formula is C9H19NO3. The van der Waals surface area contributed by atoms with E-state index in [-0.39, 0.29) is 12.5 Å². The van der Waals surface area contributed by atoms with Gasteiger partial charge < -0.3 is 15.5 Å². The van der Waals surface area contributed by atoms with Crippen molar-refractivity contribution in [3.05, 3.63) is 0 Å². The second kappa shape index (κ2) is 5.94. The zero-order valence-corrected chi connectivity index (χ0v) is 8.45. The maximum absolute atomic E-state index is 11.1. The quantitative estimate of drug-likeness (QED) is 0.565. The molecular weight excluding hydrogens is 170 g/mol.